The Morgan fingerprint density at radius 2 is 1.88 bits per heavy atom. The van der Waals surface area contributed by atoms with Crippen molar-refractivity contribution in [1.29, 1.82) is 0 Å². The van der Waals surface area contributed by atoms with E-state index in [1.165, 1.54) is 29.7 Å². The van der Waals surface area contributed by atoms with Crippen LogP contribution >= 0.6 is 23.6 Å². The molecule has 0 atom stereocenters. The number of unbranched alkanes of at least 4 members (excludes halogenated alkanes) is 1. The van der Waals surface area contributed by atoms with Gasteiger partial charge in [-0.3, -0.25) is 10.1 Å². The minimum absolute atomic E-state index is 0.209. The minimum atomic E-state index is -0.305. The maximum Gasteiger partial charge on any atom is 0.257 e. The molecule has 0 unspecified atom stereocenters. The zero-order valence-electron chi connectivity index (χ0n) is 18.3. The van der Waals surface area contributed by atoms with Gasteiger partial charge in [0.1, 0.15) is 12.4 Å². The van der Waals surface area contributed by atoms with Gasteiger partial charge in [-0.15, -0.1) is 0 Å². The Bertz CT molecular complexity index is 1250. The molecular weight excluding hydrogens is 450 g/mol. The normalized spacial score (nSPS) is 10.7. The molecule has 2 N–H and O–H groups in total. The second kappa shape index (κ2) is 11.0. The fourth-order valence-corrected chi connectivity index (χ4v) is 4.52. The number of ether oxygens (including phenoxy) is 1. The monoisotopic (exact) mass is 475 g/mol. The lowest BCUT2D eigenvalue weighted by molar-refractivity contribution is 0.0977. The molecule has 0 spiro atoms. The summed E-state index contributed by atoms with van der Waals surface area (Å²) in [6.45, 7) is 2.63. The number of aromatic nitrogens is 1. The molecule has 4 aromatic rings. The van der Waals surface area contributed by atoms with Gasteiger partial charge in [0.2, 0.25) is 0 Å². The number of nitrogens with zero attached hydrogens (tertiary/aromatic N) is 1. The summed E-state index contributed by atoms with van der Waals surface area (Å²) in [5, 5.41) is 6.62. The first-order valence-electron chi connectivity index (χ1n) is 10.9. The highest BCUT2D eigenvalue weighted by Crippen LogP contribution is 2.27. The molecule has 0 aliphatic carbocycles. The molecule has 3 aromatic carbocycles. The molecular formula is C26H25N3O2S2. The molecule has 5 nitrogen and oxygen atoms in total. The van der Waals surface area contributed by atoms with Crippen LogP contribution in [0.15, 0.2) is 72.8 Å². The van der Waals surface area contributed by atoms with Crippen molar-refractivity contribution < 1.29 is 9.53 Å². The predicted octanol–water partition coefficient (Wildman–Crippen LogP) is 6.34. The van der Waals surface area contributed by atoms with Crippen LogP contribution in [0.3, 0.4) is 0 Å². The van der Waals surface area contributed by atoms with E-state index in [-0.39, 0.29) is 11.0 Å². The smallest absolute Gasteiger partial charge is 0.257 e. The van der Waals surface area contributed by atoms with Crippen molar-refractivity contribution in [3.05, 3.63) is 89.5 Å². The Kier molecular flexibility index (Phi) is 7.65. The second-order valence-electron chi connectivity index (χ2n) is 7.64. The maximum atomic E-state index is 12.7. The van der Waals surface area contributed by atoms with E-state index in [9.17, 15) is 4.79 Å². The van der Waals surface area contributed by atoms with Crippen LogP contribution in [0.5, 0.6) is 5.75 Å². The quantitative estimate of drug-likeness (QED) is 0.291. The third-order valence-corrected chi connectivity index (χ3v) is 6.20. The molecule has 0 aliphatic heterocycles. The fraction of sp³-hybridized carbons (Fsp3) is 0.192. The van der Waals surface area contributed by atoms with E-state index in [0.717, 1.165) is 22.2 Å². The van der Waals surface area contributed by atoms with E-state index >= 15 is 0 Å². The number of thiocarbonyl (C=S) groups is 1. The molecule has 1 amide bonds. The van der Waals surface area contributed by atoms with E-state index in [0.29, 0.717) is 23.1 Å². The molecule has 0 fully saturated rings. The molecule has 1 heterocycles. The zero-order chi connectivity index (χ0) is 23.0. The number of carbonyl (C=O) groups excluding carboxylic acids is 1. The fourth-order valence-electron chi connectivity index (χ4n) is 3.33. The number of fused-ring (bicyclic) bond motifs is 1. The van der Waals surface area contributed by atoms with Gasteiger partial charge in [0, 0.05) is 5.56 Å². The Morgan fingerprint density at radius 3 is 2.70 bits per heavy atom. The van der Waals surface area contributed by atoms with Crippen LogP contribution in [0, 0.1) is 0 Å². The molecule has 0 radical (unpaired) electrons. The number of rotatable bonds is 8. The number of anilines is 1. The highest BCUT2D eigenvalue weighted by Gasteiger charge is 2.11. The number of amides is 1. The van der Waals surface area contributed by atoms with Gasteiger partial charge >= 0.3 is 0 Å². The van der Waals surface area contributed by atoms with Gasteiger partial charge in [0.05, 0.1) is 10.2 Å². The minimum Gasteiger partial charge on any atom is -0.489 e. The summed E-state index contributed by atoms with van der Waals surface area (Å²) >= 11 is 6.86. The Morgan fingerprint density at radius 1 is 1.03 bits per heavy atom. The van der Waals surface area contributed by atoms with E-state index in [1.807, 2.05) is 42.5 Å². The van der Waals surface area contributed by atoms with Crippen LogP contribution in [0.1, 0.15) is 41.3 Å². The number of hydrogen-bond donors (Lipinski definition) is 2. The molecule has 1 aromatic heterocycles. The van der Waals surface area contributed by atoms with Gasteiger partial charge in [-0.05, 0) is 66.5 Å². The zero-order valence-corrected chi connectivity index (χ0v) is 20.0. The van der Waals surface area contributed by atoms with Crippen LogP contribution < -0.4 is 15.4 Å². The number of thiazole rings is 1. The van der Waals surface area contributed by atoms with Gasteiger partial charge in [-0.2, -0.15) is 0 Å². The molecule has 4 rings (SSSR count). The topological polar surface area (TPSA) is 63.2 Å². The summed E-state index contributed by atoms with van der Waals surface area (Å²) in [7, 11) is 0. The number of carbonyl (C=O) groups is 1. The highest BCUT2D eigenvalue weighted by atomic mass is 32.1. The summed E-state index contributed by atoms with van der Waals surface area (Å²) in [4.78, 5) is 17.2. The second-order valence-corrected chi connectivity index (χ2v) is 9.07. The predicted molar refractivity (Wildman–Crippen MR) is 139 cm³/mol. The molecule has 0 aliphatic rings. The number of nitrogens with one attached hydrogen (secondary N) is 2. The van der Waals surface area contributed by atoms with Crippen LogP contribution in [0.2, 0.25) is 0 Å². The van der Waals surface area contributed by atoms with Crippen molar-refractivity contribution in [1.82, 2.24) is 10.3 Å². The summed E-state index contributed by atoms with van der Waals surface area (Å²) in [6, 6.07) is 23.3. The molecule has 0 bridgehead atoms. The first kappa shape index (κ1) is 22.9. The SMILES string of the molecule is CCCCc1ccc2nc(NC(=S)NC(=O)c3cccc(OCc4ccccc4)c3)sc2c1. The summed E-state index contributed by atoms with van der Waals surface area (Å²) in [5.41, 5.74) is 3.76. The van der Waals surface area contributed by atoms with Gasteiger partial charge < -0.3 is 10.1 Å². The van der Waals surface area contributed by atoms with Gasteiger partial charge in [0.25, 0.3) is 5.91 Å². The van der Waals surface area contributed by atoms with E-state index in [1.54, 1.807) is 18.2 Å². The van der Waals surface area contributed by atoms with Crippen LogP contribution in [-0.4, -0.2) is 16.0 Å². The van der Waals surface area contributed by atoms with Crippen LogP contribution in [-0.2, 0) is 13.0 Å². The molecule has 168 valence electrons. The number of hydrogen-bond acceptors (Lipinski definition) is 5. The van der Waals surface area contributed by atoms with Crippen molar-refractivity contribution in [3.63, 3.8) is 0 Å². The standard InChI is InChI=1S/C26H25N3O2S2/c1-2-3-8-18-13-14-22-23(15-18)33-26(27-22)29-25(32)28-24(30)20-11-7-12-21(16-20)31-17-19-9-5-4-6-10-19/h4-7,9-16H,2-3,8,17H2,1H3,(H2,27,28,29,30,32). The van der Waals surface area contributed by atoms with E-state index in [4.69, 9.17) is 17.0 Å². The van der Waals surface area contributed by atoms with Crippen molar-refractivity contribution in [3.8, 4) is 5.75 Å². The molecule has 33 heavy (non-hydrogen) atoms. The van der Waals surface area contributed by atoms with Gasteiger partial charge in [-0.25, -0.2) is 4.98 Å². The van der Waals surface area contributed by atoms with Gasteiger partial charge in [0.15, 0.2) is 10.2 Å². The first-order valence-corrected chi connectivity index (χ1v) is 12.1. The Balaban J connectivity index is 1.35. The van der Waals surface area contributed by atoms with Crippen molar-refractivity contribution in [2.24, 2.45) is 0 Å². The molecule has 7 heteroatoms. The first-order chi connectivity index (χ1) is 16.1. The third-order valence-electron chi connectivity index (χ3n) is 5.06. The summed E-state index contributed by atoms with van der Waals surface area (Å²) in [5.74, 6) is 0.316. The van der Waals surface area contributed by atoms with Crippen LogP contribution in [0.4, 0.5) is 5.13 Å². The largest absolute Gasteiger partial charge is 0.489 e. The molecule has 0 saturated heterocycles. The third kappa shape index (κ3) is 6.37. The lowest BCUT2D eigenvalue weighted by Gasteiger charge is -2.09. The highest BCUT2D eigenvalue weighted by molar-refractivity contribution is 7.80. The lowest BCUT2D eigenvalue weighted by Crippen LogP contribution is -2.34. The maximum absolute atomic E-state index is 12.7. The Labute approximate surface area is 202 Å². The molecule has 0 saturated carbocycles. The number of benzene rings is 3. The average Bonchev–Trinajstić information content (AvgIpc) is 3.23. The van der Waals surface area contributed by atoms with Crippen LogP contribution in [0.25, 0.3) is 10.2 Å². The van der Waals surface area contributed by atoms with E-state index in [2.05, 4.69) is 34.7 Å². The van der Waals surface area contributed by atoms with Crippen molar-refractivity contribution >= 4 is 49.9 Å². The number of aryl methyl sites for hydroxylation is 1. The van der Waals surface area contributed by atoms with Crippen molar-refractivity contribution in [2.75, 3.05) is 5.32 Å². The summed E-state index contributed by atoms with van der Waals surface area (Å²) in [6.07, 6.45) is 3.41. The average molecular weight is 476 g/mol. The van der Waals surface area contributed by atoms with Gasteiger partial charge in [-0.1, -0.05) is 67.1 Å². The summed E-state index contributed by atoms with van der Waals surface area (Å²) < 4.78 is 6.91. The lowest BCUT2D eigenvalue weighted by atomic mass is 10.1. The van der Waals surface area contributed by atoms with E-state index < -0.39 is 0 Å². The van der Waals surface area contributed by atoms with Crippen molar-refractivity contribution in [2.45, 2.75) is 32.8 Å². The Hall–Kier alpha value is -3.29.